The summed E-state index contributed by atoms with van der Waals surface area (Å²) in [7, 11) is -8.81. The second-order valence-electron chi connectivity index (χ2n) is 9.75. The number of anilines is 1. The number of esters is 1. The fourth-order valence-corrected chi connectivity index (χ4v) is 4.97. The molecule has 0 aromatic heterocycles. The lowest BCUT2D eigenvalue weighted by molar-refractivity contribution is -0.152. The number of carbonyl (C=O) groups is 3. The van der Waals surface area contributed by atoms with Gasteiger partial charge in [0.25, 0.3) is 0 Å². The molecule has 7 nitrogen and oxygen atoms in total. The molecule has 1 saturated carbocycles. The Kier molecular flexibility index (Phi) is 5.72. The largest absolute Gasteiger partial charge is 0.467 e. The lowest BCUT2D eigenvalue weighted by Gasteiger charge is -2.55. The summed E-state index contributed by atoms with van der Waals surface area (Å²) in [5.41, 5.74) is -1.87. The number of hydrogen-bond donors (Lipinski definition) is 0. The van der Waals surface area contributed by atoms with Crippen LogP contribution in [-0.2, 0) is 19.1 Å². The topological polar surface area (TPSA) is 76.2 Å². The number of amides is 2. The van der Waals surface area contributed by atoms with Gasteiger partial charge in [-0.2, -0.15) is 0 Å². The van der Waals surface area contributed by atoms with Crippen LogP contribution in [0.15, 0.2) is 29.2 Å². The van der Waals surface area contributed by atoms with Gasteiger partial charge >= 0.3 is 22.3 Å². The van der Waals surface area contributed by atoms with Crippen molar-refractivity contribution < 1.29 is 43.3 Å². The monoisotopic (exact) mass is 514 g/mol. The Bertz CT molecular complexity index is 985. The maximum atomic E-state index is 13.1. The van der Waals surface area contributed by atoms with Crippen molar-refractivity contribution in [2.24, 2.45) is 11.3 Å². The Morgan fingerprint density at radius 1 is 1.12 bits per heavy atom. The van der Waals surface area contributed by atoms with Crippen LogP contribution in [0.4, 0.5) is 29.9 Å². The molecule has 0 unspecified atom stereocenters. The van der Waals surface area contributed by atoms with Crippen LogP contribution in [0.3, 0.4) is 0 Å². The second kappa shape index (κ2) is 7.46. The smallest absolute Gasteiger partial charge is 0.410 e. The molecule has 0 spiro atoms. The highest BCUT2D eigenvalue weighted by Gasteiger charge is 2.66. The van der Waals surface area contributed by atoms with E-state index in [-0.39, 0.29) is 43.2 Å². The average molecular weight is 515 g/mol. The van der Waals surface area contributed by atoms with Crippen molar-refractivity contribution in [2.45, 2.75) is 50.2 Å². The van der Waals surface area contributed by atoms with E-state index in [2.05, 4.69) is 0 Å². The van der Waals surface area contributed by atoms with E-state index in [4.69, 9.17) is 9.47 Å². The normalized spacial score (nSPS) is 20.8. The third-order valence-corrected chi connectivity index (χ3v) is 7.12. The first kappa shape index (κ1) is 26.0. The number of benzene rings is 1. The van der Waals surface area contributed by atoms with E-state index in [1.165, 1.54) is 4.90 Å². The van der Waals surface area contributed by atoms with Gasteiger partial charge in [0.15, 0.2) is 0 Å². The second-order valence-corrected chi connectivity index (χ2v) is 12.2. The number of nitrogens with zero attached hydrogens (tertiary/aromatic N) is 2. The van der Waals surface area contributed by atoms with E-state index in [9.17, 15) is 33.8 Å². The minimum absolute atomic E-state index is 0.0540. The molecule has 0 radical (unpaired) electrons. The van der Waals surface area contributed by atoms with Gasteiger partial charge in [-0.1, -0.05) is 19.4 Å². The molecule has 1 aromatic rings. The molecule has 1 atom stereocenters. The van der Waals surface area contributed by atoms with Crippen LogP contribution in [0, 0.1) is 11.3 Å². The number of likely N-dealkylation sites (tertiary alicyclic amines) is 1. The molecule has 1 aliphatic heterocycles. The van der Waals surface area contributed by atoms with Crippen LogP contribution in [0.25, 0.3) is 0 Å². The summed E-state index contributed by atoms with van der Waals surface area (Å²) < 4.78 is 75.7. The van der Waals surface area contributed by atoms with Gasteiger partial charge in [-0.3, -0.25) is 9.69 Å². The third-order valence-electron chi connectivity index (χ3n) is 5.95. The van der Waals surface area contributed by atoms with Crippen molar-refractivity contribution in [1.29, 1.82) is 0 Å². The third kappa shape index (κ3) is 5.23. The highest BCUT2D eigenvalue weighted by atomic mass is 32.5. The van der Waals surface area contributed by atoms with Crippen LogP contribution in [-0.4, -0.2) is 55.2 Å². The van der Waals surface area contributed by atoms with Crippen LogP contribution < -0.4 is 4.90 Å². The van der Waals surface area contributed by atoms with E-state index in [0.29, 0.717) is 25.0 Å². The maximum Gasteiger partial charge on any atom is 0.410 e. The van der Waals surface area contributed by atoms with Crippen molar-refractivity contribution in [2.75, 3.05) is 25.1 Å². The Balaban J connectivity index is 1.95. The van der Waals surface area contributed by atoms with Gasteiger partial charge < -0.3 is 14.4 Å². The van der Waals surface area contributed by atoms with Crippen molar-refractivity contribution in [1.82, 2.24) is 4.90 Å². The quantitative estimate of drug-likeness (QED) is 0.273. The van der Waals surface area contributed by atoms with Gasteiger partial charge in [0.2, 0.25) is 6.41 Å². The van der Waals surface area contributed by atoms with Crippen molar-refractivity contribution in [3.8, 4) is 0 Å². The minimum Gasteiger partial charge on any atom is -0.467 e. The van der Waals surface area contributed by atoms with Crippen molar-refractivity contribution in [3.05, 3.63) is 24.3 Å². The molecular weight excluding hydrogens is 487 g/mol. The predicted molar refractivity (Wildman–Crippen MR) is 115 cm³/mol. The summed E-state index contributed by atoms with van der Waals surface area (Å²) in [4.78, 5) is 37.5. The molecule has 2 aliphatic rings. The van der Waals surface area contributed by atoms with E-state index in [0.717, 1.165) is 12.0 Å². The molecule has 1 aromatic carbocycles. The first-order valence-corrected chi connectivity index (χ1v) is 12.4. The Hall–Kier alpha value is -2.57. The Morgan fingerprint density at radius 3 is 2.03 bits per heavy atom. The molecule has 2 amide bonds. The summed E-state index contributed by atoms with van der Waals surface area (Å²) in [6.07, 6.45) is 1.07. The summed E-state index contributed by atoms with van der Waals surface area (Å²) in [6, 6.07) is 0.496. The van der Waals surface area contributed by atoms with Crippen molar-refractivity contribution in [3.63, 3.8) is 0 Å². The molecule has 0 N–H and O–H groups in total. The lowest BCUT2D eigenvalue weighted by Crippen LogP contribution is -2.70. The summed E-state index contributed by atoms with van der Waals surface area (Å²) >= 11 is 0. The zero-order valence-corrected chi connectivity index (χ0v) is 19.9. The lowest BCUT2D eigenvalue weighted by atomic mass is 9.68. The molecule has 1 saturated heterocycles. The number of ether oxygens (including phenoxy) is 2. The van der Waals surface area contributed by atoms with E-state index < -0.39 is 44.2 Å². The predicted octanol–water partition coefficient (Wildman–Crippen LogP) is 5.50. The summed E-state index contributed by atoms with van der Waals surface area (Å²) in [5.74, 6) is -0.888. The minimum atomic E-state index is -9.91. The molecule has 0 bridgehead atoms. The van der Waals surface area contributed by atoms with E-state index in [1.807, 2.05) is 0 Å². The average Bonchev–Trinajstić information content (AvgIpc) is 3.48. The Morgan fingerprint density at radius 2 is 1.65 bits per heavy atom. The zero-order valence-electron chi connectivity index (χ0n) is 19.1. The van der Waals surface area contributed by atoms with Gasteiger partial charge in [-0.25, -0.2) is 9.59 Å². The first-order valence-electron chi connectivity index (χ1n) is 10.4. The van der Waals surface area contributed by atoms with Gasteiger partial charge in [0, 0.05) is 24.2 Å². The van der Waals surface area contributed by atoms with Crippen molar-refractivity contribution >= 4 is 34.4 Å². The first-order chi connectivity index (χ1) is 15.3. The number of rotatable bonds is 7. The highest BCUT2D eigenvalue weighted by molar-refractivity contribution is 8.45. The number of hydrogen-bond acceptors (Lipinski definition) is 5. The van der Waals surface area contributed by atoms with Crippen LogP contribution in [0.2, 0.25) is 0 Å². The molecule has 1 aliphatic carbocycles. The summed E-state index contributed by atoms with van der Waals surface area (Å²) in [5, 5.41) is 0. The molecule has 2 fully saturated rings. The maximum absolute atomic E-state index is 13.1. The molecular formula is C21H27F5N2O5S. The number of carbonyl (C=O) groups excluding carboxylic acids is 3. The fourth-order valence-electron chi connectivity index (χ4n) is 4.32. The SMILES string of the molecule is COC(=O)[C@@H](N(C=O)c1ccc(S(F)(F)(F)(F)F)cc1)C1(C2CC2)CN(C(=O)OC(C)(C)C)C1. The number of methoxy groups -OCH3 is 1. The van der Waals surface area contributed by atoms with Crippen LogP contribution >= 0.6 is 10.2 Å². The van der Waals surface area contributed by atoms with E-state index in [1.54, 1.807) is 20.8 Å². The van der Waals surface area contributed by atoms with Gasteiger partial charge in [-0.05, 0) is 63.8 Å². The fraction of sp³-hybridized carbons (Fsp3) is 0.571. The zero-order chi connectivity index (χ0) is 25.8. The Labute approximate surface area is 193 Å². The molecule has 192 valence electrons. The highest BCUT2D eigenvalue weighted by Crippen LogP contribution is 3.02. The van der Waals surface area contributed by atoms with E-state index >= 15 is 0 Å². The molecule has 13 heteroatoms. The molecule has 1 heterocycles. The van der Waals surface area contributed by atoms with Crippen LogP contribution in [0.1, 0.15) is 33.6 Å². The summed E-state index contributed by atoms with van der Waals surface area (Å²) in [6.45, 7) is 5.20. The van der Waals surface area contributed by atoms with Crippen LogP contribution in [0.5, 0.6) is 0 Å². The van der Waals surface area contributed by atoms with Gasteiger partial charge in [0.1, 0.15) is 16.5 Å². The van der Waals surface area contributed by atoms with Gasteiger partial charge in [-0.15, -0.1) is 0 Å². The van der Waals surface area contributed by atoms with Gasteiger partial charge in [0.05, 0.1) is 7.11 Å². The number of halogens is 5. The standard InChI is InChI=1S/C21H27F5N2O5S/c1-20(2,3)33-19(31)27-11-21(12-27,14-5-6-14)17(18(30)32-4)28(13-29)15-7-9-16(10-8-15)34(22,23,24,25)26/h7-10,13-14,17H,5-6,11-12H2,1-4H3/t17-/m1/s1. The molecule has 34 heavy (non-hydrogen) atoms. The molecule has 3 rings (SSSR count).